The van der Waals surface area contributed by atoms with Crippen LogP contribution >= 0.6 is 0 Å². The molecule has 1 aromatic rings. The molecule has 0 bridgehead atoms. The molecule has 0 saturated carbocycles. The van der Waals surface area contributed by atoms with E-state index in [9.17, 15) is 9.59 Å². The van der Waals surface area contributed by atoms with Crippen LogP contribution in [-0.4, -0.2) is 41.0 Å². The lowest BCUT2D eigenvalue weighted by molar-refractivity contribution is -0.139. The third-order valence-electron chi connectivity index (χ3n) is 2.19. The van der Waals surface area contributed by atoms with Crippen LogP contribution in [0.15, 0.2) is 12.4 Å². The molecule has 0 fully saturated rings. The number of nitrogens with one attached hydrogen (secondary N) is 2. The molecule has 1 rings (SSSR count). The Labute approximate surface area is 99.4 Å². The van der Waals surface area contributed by atoms with Crippen molar-refractivity contribution in [2.75, 3.05) is 19.6 Å². The number of imidazole rings is 1. The largest absolute Gasteiger partial charge is 0.347 e. The van der Waals surface area contributed by atoms with Crippen LogP contribution in [0.1, 0.15) is 5.82 Å². The van der Waals surface area contributed by atoms with E-state index in [1.807, 2.05) is 17.8 Å². The van der Waals surface area contributed by atoms with Crippen molar-refractivity contribution in [1.29, 1.82) is 0 Å². The highest BCUT2D eigenvalue weighted by Crippen LogP contribution is 1.93. The van der Waals surface area contributed by atoms with Crippen molar-refractivity contribution in [1.82, 2.24) is 20.2 Å². The molecule has 0 atom stereocenters. The molecule has 17 heavy (non-hydrogen) atoms. The van der Waals surface area contributed by atoms with Crippen LogP contribution in [0.2, 0.25) is 0 Å². The third-order valence-corrected chi connectivity index (χ3v) is 2.19. The lowest BCUT2D eigenvalue weighted by Crippen LogP contribution is -2.42. The van der Waals surface area contributed by atoms with Gasteiger partial charge in [-0.05, 0) is 0 Å². The van der Waals surface area contributed by atoms with Gasteiger partial charge in [-0.1, -0.05) is 0 Å². The number of hydrogen-bond donors (Lipinski definition) is 3. The van der Waals surface area contributed by atoms with Gasteiger partial charge in [-0.3, -0.25) is 9.59 Å². The summed E-state index contributed by atoms with van der Waals surface area (Å²) in [5, 5.41) is 4.90. The predicted molar refractivity (Wildman–Crippen MR) is 62.0 cm³/mol. The first-order valence-electron chi connectivity index (χ1n) is 5.37. The van der Waals surface area contributed by atoms with E-state index >= 15 is 0 Å². The number of carbonyl (C=O) groups is 2. The molecular formula is C10H17N5O2. The van der Waals surface area contributed by atoms with E-state index in [0.29, 0.717) is 26.1 Å². The highest BCUT2D eigenvalue weighted by molar-refractivity contribution is 6.35. The fourth-order valence-electron chi connectivity index (χ4n) is 1.27. The first kappa shape index (κ1) is 13.2. The number of carbonyl (C=O) groups excluding carboxylic acids is 2. The molecule has 0 unspecified atom stereocenters. The SMILES string of the molecule is Cn1ccnc1CCNC(=O)C(=O)NCCN. The highest BCUT2D eigenvalue weighted by Gasteiger charge is 2.11. The summed E-state index contributed by atoms with van der Waals surface area (Å²) in [6, 6.07) is 0. The van der Waals surface area contributed by atoms with Gasteiger partial charge >= 0.3 is 11.8 Å². The molecule has 0 spiro atoms. The minimum atomic E-state index is -0.657. The molecule has 1 aromatic heterocycles. The van der Waals surface area contributed by atoms with Gasteiger partial charge in [-0.25, -0.2) is 4.98 Å². The van der Waals surface area contributed by atoms with Crippen molar-refractivity contribution in [3.05, 3.63) is 18.2 Å². The normalized spacial score (nSPS) is 10.0. The Bertz CT molecular complexity index is 388. The van der Waals surface area contributed by atoms with E-state index in [1.54, 1.807) is 6.20 Å². The first-order valence-corrected chi connectivity index (χ1v) is 5.37. The molecule has 0 aliphatic rings. The fraction of sp³-hybridized carbons (Fsp3) is 0.500. The van der Waals surface area contributed by atoms with E-state index < -0.39 is 11.8 Å². The van der Waals surface area contributed by atoms with Crippen LogP contribution < -0.4 is 16.4 Å². The van der Waals surface area contributed by atoms with E-state index in [2.05, 4.69) is 15.6 Å². The number of nitrogens with zero attached hydrogens (tertiary/aromatic N) is 2. The molecule has 0 saturated heterocycles. The molecule has 0 aliphatic carbocycles. The predicted octanol–water partition coefficient (Wildman–Crippen LogP) is -1.85. The molecule has 7 heteroatoms. The summed E-state index contributed by atoms with van der Waals surface area (Å²) >= 11 is 0. The fourth-order valence-corrected chi connectivity index (χ4v) is 1.27. The van der Waals surface area contributed by atoms with E-state index in [-0.39, 0.29) is 0 Å². The maximum Gasteiger partial charge on any atom is 0.309 e. The Morgan fingerprint density at radius 1 is 1.35 bits per heavy atom. The number of aryl methyl sites for hydroxylation is 1. The van der Waals surface area contributed by atoms with Crippen LogP contribution in [0.25, 0.3) is 0 Å². The molecular weight excluding hydrogens is 222 g/mol. The van der Waals surface area contributed by atoms with Crippen molar-refractivity contribution in [2.45, 2.75) is 6.42 Å². The van der Waals surface area contributed by atoms with Crippen LogP contribution in [0.5, 0.6) is 0 Å². The van der Waals surface area contributed by atoms with Crippen molar-refractivity contribution in [3.8, 4) is 0 Å². The Hall–Kier alpha value is -1.89. The van der Waals surface area contributed by atoms with Crippen LogP contribution in [-0.2, 0) is 23.1 Å². The standard InChI is InChI=1S/C10H17N5O2/c1-15-7-6-12-8(15)2-4-13-9(16)10(17)14-5-3-11/h6-7H,2-5,11H2,1H3,(H,13,16)(H,14,17). The van der Waals surface area contributed by atoms with E-state index in [0.717, 1.165) is 5.82 Å². The van der Waals surface area contributed by atoms with Gasteiger partial charge in [0.25, 0.3) is 0 Å². The zero-order valence-corrected chi connectivity index (χ0v) is 9.77. The monoisotopic (exact) mass is 239 g/mol. The quantitative estimate of drug-likeness (QED) is 0.525. The van der Waals surface area contributed by atoms with Gasteiger partial charge in [-0.15, -0.1) is 0 Å². The molecule has 0 radical (unpaired) electrons. The second kappa shape index (κ2) is 6.64. The van der Waals surface area contributed by atoms with Crippen molar-refractivity contribution in [2.24, 2.45) is 12.8 Å². The number of nitrogens with two attached hydrogens (primary N) is 1. The van der Waals surface area contributed by atoms with Crippen LogP contribution in [0.3, 0.4) is 0 Å². The third kappa shape index (κ3) is 4.23. The van der Waals surface area contributed by atoms with Gasteiger partial charge < -0.3 is 20.9 Å². The second-order valence-corrected chi connectivity index (χ2v) is 3.50. The van der Waals surface area contributed by atoms with Gasteiger partial charge in [0.05, 0.1) is 0 Å². The molecule has 2 amide bonds. The lowest BCUT2D eigenvalue weighted by Gasteiger charge is -2.05. The summed E-state index contributed by atoms with van der Waals surface area (Å²) in [6.45, 7) is 0.984. The molecule has 1 heterocycles. The smallest absolute Gasteiger partial charge is 0.309 e. The zero-order valence-electron chi connectivity index (χ0n) is 9.77. The number of rotatable bonds is 5. The van der Waals surface area contributed by atoms with Crippen molar-refractivity contribution in [3.63, 3.8) is 0 Å². The van der Waals surface area contributed by atoms with Gasteiger partial charge in [0, 0.05) is 45.5 Å². The summed E-state index contributed by atoms with van der Waals surface area (Å²) in [7, 11) is 1.87. The molecule has 0 aromatic carbocycles. The Morgan fingerprint density at radius 3 is 2.53 bits per heavy atom. The van der Waals surface area contributed by atoms with Gasteiger partial charge in [0.15, 0.2) is 0 Å². The molecule has 0 aliphatic heterocycles. The number of hydrogen-bond acceptors (Lipinski definition) is 4. The van der Waals surface area contributed by atoms with Gasteiger partial charge in [0.1, 0.15) is 5.82 Å². The molecule has 94 valence electrons. The van der Waals surface area contributed by atoms with Crippen molar-refractivity contribution < 1.29 is 9.59 Å². The maximum absolute atomic E-state index is 11.3. The van der Waals surface area contributed by atoms with Gasteiger partial charge in [0.2, 0.25) is 0 Å². The number of amides is 2. The summed E-state index contributed by atoms with van der Waals surface area (Å²) in [5.41, 5.74) is 5.20. The second-order valence-electron chi connectivity index (χ2n) is 3.50. The Kier molecular flexibility index (Phi) is 5.15. The minimum absolute atomic E-state index is 0.297. The number of aromatic nitrogens is 2. The molecule has 7 nitrogen and oxygen atoms in total. The van der Waals surface area contributed by atoms with Gasteiger partial charge in [-0.2, -0.15) is 0 Å². The zero-order chi connectivity index (χ0) is 12.7. The highest BCUT2D eigenvalue weighted by atomic mass is 16.2. The summed E-state index contributed by atoms with van der Waals surface area (Å²) in [4.78, 5) is 26.5. The topological polar surface area (TPSA) is 102 Å². The van der Waals surface area contributed by atoms with E-state index in [1.165, 1.54) is 0 Å². The van der Waals surface area contributed by atoms with Crippen LogP contribution in [0.4, 0.5) is 0 Å². The Morgan fingerprint density at radius 2 is 2.00 bits per heavy atom. The summed E-state index contributed by atoms with van der Waals surface area (Å²) in [5.74, 6) is -0.449. The summed E-state index contributed by atoms with van der Waals surface area (Å²) < 4.78 is 1.86. The van der Waals surface area contributed by atoms with E-state index in [4.69, 9.17) is 5.73 Å². The maximum atomic E-state index is 11.3. The summed E-state index contributed by atoms with van der Waals surface area (Å²) in [6.07, 6.45) is 4.09. The molecule has 4 N–H and O–H groups in total. The van der Waals surface area contributed by atoms with Crippen molar-refractivity contribution >= 4 is 11.8 Å². The average Bonchev–Trinajstić information content (AvgIpc) is 2.72. The minimum Gasteiger partial charge on any atom is -0.347 e. The lowest BCUT2D eigenvalue weighted by atomic mass is 10.4. The Balaban J connectivity index is 2.24. The average molecular weight is 239 g/mol. The van der Waals surface area contributed by atoms with Crippen LogP contribution in [0, 0.1) is 0 Å². The first-order chi connectivity index (χ1) is 8.15.